The van der Waals surface area contributed by atoms with Crippen molar-refractivity contribution in [2.75, 3.05) is 30.7 Å². The summed E-state index contributed by atoms with van der Waals surface area (Å²) < 4.78 is 41.2. The van der Waals surface area contributed by atoms with Crippen molar-refractivity contribution in [1.29, 1.82) is 0 Å². The number of halogens is 4. The van der Waals surface area contributed by atoms with Gasteiger partial charge in [-0.05, 0) is 50.3 Å². The standard InChI is InChI=1S/C20H25ClF3N5OS/c1-3-29-18(26-27-19(29)31-4-2)13-6-5-9-28(11-13)12-17(30)25-14-7-8-16(21)15(10-14)20(22,23)24/h7-8,10,13H,3-6,9,11-12H2,1-2H3,(H,25,30)/t13-/m0/s1. The quantitative estimate of drug-likeness (QED) is 0.577. The zero-order valence-electron chi connectivity index (χ0n) is 17.4. The van der Waals surface area contributed by atoms with Gasteiger partial charge in [0.1, 0.15) is 5.82 Å². The lowest BCUT2D eigenvalue weighted by Gasteiger charge is -2.31. The maximum absolute atomic E-state index is 13.0. The molecule has 0 radical (unpaired) electrons. The summed E-state index contributed by atoms with van der Waals surface area (Å²) in [4.78, 5) is 14.5. The number of hydrogen-bond donors (Lipinski definition) is 1. The van der Waals surface area contributed by atoms with Gasteiger partial charge in [-0.1, -0.05) is 30.3 Å². The highest BCUT2D eigenvalue weighted by Gasteiger charge is 2.33. The Labute approximate surface area is 188 Å². The maximum atomic E-state index is 13.0. The van der Waals surface area contributed by atoms with Crippen LogP contribution in [0.2, 0.25) is 5.02 Å². The number of thioether (sulfide) groups is 1. The van der Waals surface area contributed by atoms with Gasteiger partial charge in [0, 0.05) is 24.7 Å². The zero-order chi connectivity index (χ0) is 22.6. The second-order valence-electron chi connectivity index (χ2n) is 7.33. The molecule has 0 spiro atoms. The molecule has 0 saturated carbocycles. The molecule has 0 bridgehead atoms. The average Bonchev–Trinajstić information content (AvgIpc) is 3.12. The number of likely N-dealkylation sites (tertiary alicyclic amines) is 1. The number of carbonyl (C=O) groups is 1. The maximum Gasteiger partial charge on any atom is 0.417 e. The average molecular weight is 476 g/mol. The number of nitrogens with zero attached hydrogens (tertiary/aromatic N) is 4. The molecule has 1 fully saturated rings. The van der Waals surface area contributed by atoms with Crippen LogP contribution < -0.4 is 5.32 Å². The third-order valence-electron chi connectivity index (χ3n) is 5.13. The second-order valence-corrected chi connectivity index (χ2v) is 8.97. The lowest BCUT2D eigenvalue weighted by Crippen LogP contribution is -2.40. The third kappa shape index (κ3) is 5.93. The number of alkyl halides is 3. The Hall–Kier alpha value is -1.78. The first-order valence-corrected chi connectivity index (χ1v) is 11.5. The molecule has 1 saturated heterocycles. The van der Waals surface area contributed by atoms with Crippen LogP contribution in [0.15, 0.2) is 23.4 Å². The van der Waals surface area contributed by atoms with E-state index in [9.17, 15) is 18.0 Å². The fraction of sp³-hybridized carbons (Fsp3) is 0.550. The first-order valence-electron chi connectivity index (χ1n) is 10.2. The van der Waals surface area contributed by atoms with Crippen molar-refractivity contribution in [1.82, 2.24) is 19.7 Å². The van der Waals surface area contributed by atoms with Crippen LogP contribution in [0.3, 0.4) is 0 Å². The minimum absolute atomic E-state index is 0.0715. The summed E-state index contributed by atoms with van der Waals surface area (Å²) in [5.74, 6) is 1.63. The minimum atomic E-state index is -4.58. The molecule has 1 amide bonds. The van der Waals surface area contributed by atoms with Crippen molar-refractivity contribution >= 4 is 35.0 Å². The molecule has 0 aliphatic carbocycles. The smallest absolute Gasteiger partial charge is 0.325 e. The molecule has 170 valence electrons. The van der Waals surface area contributed by atoms with Gasteiger partial charge in [0.15, 0.2) is 5.16 Å². The molecule has 1 aliphatic heterocycles. The van der Waals surface area contributed by atoms with Crippen LogP contribution >= 0.6 is 23.4 Å². The SMILES string of the molecule is CCSc1nnc([C@H]2CCCN(CC(=O)Nc3ccc(Cl)c(C(F)(F)F)c3)C2)n1CC. The van der Waals surface area contributed by atoms with Crippen LogP contribution in [0.25, 0.3) is 0 Å². The Morgan fingerprint density at radius 3 is 2.77 bits per heavy atom. The number of benzene rings is 1. The first kappa shape index (κ1) is 23.9. The van der Waals surface area contributed by atoms with Gasteiger partial charge in [0.05, 0.1) is 17.1 Å². The summed E-state index contributed by atoms with van der Waals surface area (Å²) in [7, 11) is 0. The summed E-state index contributed by atoms with van der Waals surface area (Å²) >= 11 is 7.29. The summed E-state index contributed by atoms with van der Waals surface area (Å²) in [6, 6.07) is 3.36. The highest BCUT2D eigenvalue weighted by Crippen LogP contribution is 2.36. The number of anilines is 1. The number of piperidine rings is 1. The highest BCUT2D eigenvalue weighted by molar-refractivity contribution is 7.99. The fourth-order valence-electron chi connectivity index (χ4n) is 3.77. The Bertz CT molecular complexity index is 921. The van der Waals surface area contributed by atoms with Gasteiger partial charge in [0.2, 0.25) is 5.91 Å². The van der Waals surface area contributed by atoms with Gasteiger partial charge in [-0.3, -0.25) is 9.69 Å². The van der Waals surface area contributed by atoms with Gasteiger partial charge in [0.25, 0.3) is 0 Å². The molecule has 1 atom stereocenters. The van der Waals surface area contributed by atoms with Crippen molar-refractivity contribution in [3.63, 3.8) is 0 Å². The van der Waals surface area contributed by atoms with Crippen molar-refractivity contribution in [3.8, 4) is 0 Å². The van der Waals surface area contributed by atoms with E-state index in [4.69, 9.17) is 11.6 Å². The summed E-state index contributed by atoms with van der Waals surface area (Å²) in [5, 5.41) is 11.8. The van der Waals surface area contributed by atoms with Crippen molar-refractivity contribution < 1.29 is 18.0 Å². The van der Waals surface area contributed by atoms with E-state index >= 15 is 0 Å². The molecule has 11 heteroatoms. The van der Waals surface area contributed by atoms with Crippen LogP contribution in [-0.4, -0.2) is 51.0 Å². The molecule has 3 rings (SSSR count). The number of aromatic nitrogens is 3. The molecular formula is C20H25ClF3N5OS. The Balaban J connectivity index is 1.64. The topological polar surface area (TPSA) is 63.1 Å². The molecule has 2 aromatic rings. The number of hydrogen-bond acceptors (Lipinski definition) is 5. The van der Waals surface area contributed by atoms with Crippen molar-refractivity contribution in [2.45, 2.75) is 50.5 Å². The van der Waals surface area contributed by atoms with Crippen LogP contribution in [0.4, 0.5) is 18.9 Å². The lowest BCUT2D eigenvalue weighted by atomic mass is 9.97. The predicted octanol–water partition coefficient (Wildman–Crippen LogP) is 4.90. The van der Waals surface area contributed by atoms with Crippen LogP contribution in [0.5, 0.6) is 0 Å². The van der Waals surface area contributed by atoms with Crippen molar-refractivity contribution in [2.24, 2.45) is 0 Å². The number of amides is 1. The molecular weight excluding hydrogens is 451 g/mol. The number of carbonyl (C=O) groups excluding carboxylic acids is 1. The Morgan fingerprint density at radius 2 is 2.10 bits per heavy atom. The van der Waals surface area contributed by atoms with E-state index in [1.54, 1.807) is 11.8 Å². The Morgan fingerprint density at radius 1 is 1.32 bits per heavy atom. The molecule has 2 heterocycles. The van der Waals surface area contributed by atoms with Gasteiger partial charge in [-0.15, -0.1) is 10.2 Å². The fourth-order valence-corrected chi connectivity index (χ4v) is 4.73. The van der Waals surface area contributed by atoms with E-state index in [1.807, 2.05) is 4.90 Å². The van der Waals surface area contributed by atoms with Crippen molar-refractivity contribution in [3.05, 3.63) is 34.6 Å². The van der Waals surface area contributed by atoms with Crippen LogP contribution in [0, 0.1) is 0 Å². The van der Waals surface area contributed by atoms with E-state index in [-0.39, 0.29) is 24.1 Å². The van der Waals surface area contributed by atoms with Gasteiger partial charge in [-0.25, -0.2) is 0 Å². The summed E-state index contributed by atoms with van der Waals surface area (Å²) in [5.41, 5.74) is -0.896. The van der Waals surface area contributed by atoms with E-state index in [0.717, 1.165) is 54.8 Å². The van der Waals surface area contributed by atoms with Gasteiger partial charge >= 0.3 is 6.18 Å². The van der Waals surface area contributed by atoms with E-state index in [1.165, 1.54) is 6.07 Å². The summed E-state index contributed by atoms with van der Waals surface area (Å²) in [6.07, 6.45) is -2.72. The predicted molar refractivity (Wildman–Crippen MR) is 116 cm³/mol. The van der Waals surface area contributed by atoms with E-state index in [0.29, 0.717) is 6.54 Å². The molecule has 31 heavy (non-hydrogen) atoms. The summed E-state index contributed by atoms with van der Waals surface area (Å²) in [6.45, 7) is 6.39. The Kier molecular flexibility index (Phi) is 7.87. The molecule has 1 aromatic carbocycles. The molecule has 1 aromatic heterocycles. The number of rotatable bonds is 7. The van der Waals surface area contributed by atoms with Crippen LogP contribution in [-0.2, 0) is 17.5 Å². The minimum Gasteiger partial charge on any atom is -0.325 e. The first-order chi connectivity index (χ1) is 14.7. The molecule has 1 N–H and O–H groups in total. The van der Waals surface area contributed by atoms with E-state index in [2.05, 4.69) is 33.9 Å². The molecule has 0 unspecified atom stereocenters. The van der Waals surface area contributed by atoms with Gasteiger partial charge < -0.3 is 9.88 Å². The van der Waals surface area contributed by atoms with Gasteiger partial charge in [-0.2, -0.15) is 13.2 Å². The molecule has 6 nitrogen and oxygen atoms in total. The normalized spacial score (nSPS) is 17.7. The second kappa shape index (κ2) is 10.2. The van der Waals surface area contributed by atoms with Crippen LogP contribution in [0.1, 0.15) is 44.0 Å². The molecule has 1 aliphatic rings. The van der Waals surface area contributed by atoms with E-state index < -0.39 is 16.8 Å². The third-order valence-corrected chi connectivity index (χ3v) is 6.31. The number of nitrogens with one attached hydrogen (secondary N) is 1. The largest absolute Gasteiger partial charge is 0.417 e. The highest BCUT2D eigenvalue weighted by atomic mass is 35.5. The zero-order valence-corrected chi connectivity index (χ0v) is 18.9. The monoisotopic (exact) mass is 475 g/mol. The lowest BCUT2D eigenvalue weighted by molar-refractivity contribution is -0.137.